The fourth-order valence-electron chi connectivity index (χ4n) is 2.08. The lowest BCUT2D eigenvalue weighted by Crippen LogP contribution is -2.30. The van der Waals surface area contributed by atoms with E-state index >= 15 is 0 Å². The molecule has 0 aromatic heterocycles. The summed E-state index contributed by atoms with van der Waals surface area (Å²) in [5.74, 6) is -1.18. The van der Waals surface area contributed by atoms with Crippen LogP contribution in [0.1, 0.15) is 12.5 Å². The molecule has 1 atom stereocenters. The van der Waals surface area contributed by atoms with Crippen molar-refractivity contribution in [2.24, 2.45) is 5.14 Å². The summed E-state index contributed by atoms with van der Waals surface area (Å²) in [7, 11) is -3.82. The van der Waals surface area contributed by atoms with Crippen molar-refractivity contribution in [2.75, 3.05) is 5.32 Å². The molecule has 27 heavy (non-hydrogen) atoms. The van der Waals surface area contributed by atoms with Crippen molar-refractivity contribution in [2.45, 2.75) is 24.3 Å². The number of halogens is 2. The molecule has 7 nitrogen and oxygen atoms in total. The second-order valence-electron chi connectivity index (χ2n) is 5.62. The topological polar surface area (TPSA) is 116 Å². The van der Waals surface area contributed by atoms with Gasteiger partial charge in [-0.15, -0.1) is 0 Å². The minimum Gasteiger partial charge on any atom is -0.452 e. The Morgan fingerprint density at radius 3 is 2.30 bits per heavy atom. The number of nitrogens with two attached hydrogens (primary N) is 1. The SMILES string of the molecule is CC(OC(=O)Cc1ccc(Cl)c(Cl)c1)C(=O)Nc1ccc(S(N)(=O)=O)cc1. The Bertz CT molecular complexity index is 962. The molecule has 0 aliphatic rings. The van der Waals surface area contributed by atoms with Gasteiger partial charge in [0.25, 0.3) is 5.91 Å². The first kappa shape index (κ1) is 21.2. The molecule has 144 valence electrons. The van der Waals surface area contributed by atoms with Gasteiger partial charge in [-0.1, -0.05) is 29.3 Å². The van der Waals surface area contributed by atoms with Crippen molar-refractivity contribution in [1.82, 2.24) is 0 Å². The molecule has 0 spiro atoms. The minimum atomic E-state index is -3.82. The second kappa shape index (κ2) is 8.71. The van der Waals surface area contributed by atoms with Gasteiger partial charge in [0.2, 0.25) is 10.0 Å². The van der Waals surface area contributed by atoms with Gasteiger partial charge in [0, 0.05) is 5.69 Å². The Morgan fingerprint density at radius 2 is 1.74 bits per heavy atom. The zero-order chi connectivity index (χ0) is 20.2. The molecular formula is C17H16Cl2N2O5S. The van der Waals surface area contributed by atoms with E-state index in [1.165, 1.54) is 31.2 Å². The summed E-state index contributed by atoms with van der Waals surface area (Å²) < 4.78 is 27.5. The maximum absolute atomic E-state index is 12.1. The highest BCUT2D eigenvalue weighted by Crippen LogP contribution is 2.23. The third-order valence-electron chi connectivity index (χ3n) is 3.46. The molecule has 1 amide bonds. The highest BCUT2D eigenvalue weighted by molar-refractivity contribution is 7.89. The maximum atomic E-state index is 12.1. The molecule has 3 N–H and O–H groups in total. The number of ether oxygens (including phenoxy) is 1. The zero-order valence-electron chi connectivity index (χ0n) is 14.1. The van der Waals surface area contributed by atoms with Crippen LogP contribution in [0.2, 0.25) is 10.0 Å². The number of esters is 1. The first-order valence-corrected chi connectivity index (χ1v) is 9.93. The Hall–Kier alpha value is -2.13. The molecule has 1 unspecified atom stereocenters. The largest absolute Gasteiger partial charge is 0.452 e. The van der Waals surface area contributed by atoms with Gasteiger partial charge < -0.3 is 10.1 Å². The smallest absolute Gasteiger partial charge is 0.311 e. The quantitative estimate of drug-likeness (QED) is 0.683. The first-order valence-electron chi connectivity index (χ1n) is 7.63. The summed E-state index contributed by atoms with van der Waals surface area (Å²) in [5, 5.41) is 8.21. The van der Waals surface area contributed by atoms with E-state index in [2.05, 4.69) is 5.32 Å². The van der Waals surface area contributed by atoms with Crippen LogP contribution in [0.4, 0.5) is 5.69 Å². The van der Waals surface area contributed by atoms with Crippen LogP contribution >= 0.6 is 23.2 Å². The lowest BCUT2D eigenvalue weighted by Gasteiger charge is -2.14. The Morgan fingerprint density at radius 1 is 1.11 bits per heavy atom. The average Bonchev–Trinajstić information content (AvgIpc) is 2.57. The molecule has 0 radical (unpaired) electrons. The maximum Gasteiger partial charge on any atom is 0.311 e. The van der Waals surface area contributed by atoms with E-state index in [1.807, 2.05) is 0 Å². The van der Waals surface area contributed by atoms with Crippen LogP contribution in [0.5, 0.6) is 0 Å². The van der Waals surface area contributed by atoms with Crippen LogP contribution in [0.3, 0.4) is 0 Å². The van der Waals surface area contributed by atoms with Crippen molar-refractivity contribution in [3.63, 3.8) is 0 Å². The number of primary sulfonamides is 1. The van der Waals surface area contributed by atoms with Crippen molar-refractivity contribution in [1.29, 1.82) is 0 Å². The molecule has 2 aromatic carbocycles. The van der Waals surface area contributed by atoms with Crippen molar-refractivity contribution in [3.05, 3.63) is 58.1 Å². The molecule has 0 fully saturated rings. The number of carbonyl (C=O) groups is 2. The van der Waals surface area contributed by atoms with E-state index in [-0.39, 0.29) is 11.3 Å². The van der Waals surface area contributed by atoms with Gasteiger partial charge in [-0.3, -0.25) is 9.59 Å². The van der Waals surface area contributed by atoms with Gasteiger partial charge in [-0.05, 0) is 48.9 Å². The fourth-order valence-corrected chi connectivity index (χ4v) is 2.92. The number of nitrogens with one attached hydrogen (secondary N) is 1. The molecule has 0 heterocycles. The van der Waals surface area contributed by atoms with E-state index in [0.29, 0.717) is 21.3 Å². The molecule has 10 heteroatoms. The standard InChI is InChI=1S/C17H16Cl2N2O5S/c1-10(26-16(22)9-11-2-7-14(18)15(19)8-11)17(23)21-12-3-5-13(6-4-12)27(20,24)25/h2-8,10H,9H2,1H3,(H,21,23)(H2,20,24,25). The van der Waals surface area contributed by atoms with Crippen LogP contribution in [0.25, 0.3) is 0 Å². The molecule has 0 aliphatic heterocycles. The highest BCUT2D eigenvalue weighted by Gasteiger charge is 2.19. The number of hydrogen-bond donors (Lipinski definition) is 2. The number of amides is 1. The van der Waals surface area contributed by atoms with Gasteiger partial charge in [-0.25, -0.2) is 13.6 Å². The number of anilines is 1. The lowest BCUT2D eigenvalue weighted by molar-refractivity contribution is -0.152. The normalized spacial score (nSPS) is 12.3. The van der Waals surface area contributed by atoms with Crippen LogP contribution < -0.4 is 10.5 Å². The summed E-state index contributed by atoms with van der Waals surface area (Å²) in [6.45, 7) is 1.42. The summed E-state index contributed by atoms with van der Waals surface area (Å²) >= 11 is 11.7. The van der Waals surface area contributed by atoms with E-state index in [1.54, 1.807) is 18.2 Å². The molecule has 0 saturated heterocycles. The third kappa shape index (κ3) is 6.21. The van der Waals surface area contributed by atoms with Crippen LogP contribution in [0.15, 0.2) is 47.4 Å². The molecule has 2 rings (SSSR count). The van der Waals surface area contributed by atoms with E-state index < -0.39 is 28.0 Å². The van der Waals surface area contributed by atoms with Crippen molar-refractivity contribution >= 4 is 50.8 Å². The molecule has 0 bridgehead atoms. The molecule has 0 aliphatic carbocycles. The number of carbonyl (C=O) groups excluding carboxylic acids is 2. The molecular weight excluding hydrogens is 415 g/mol. The van der Waals surface area contributed by atoms with Gasteiger partial charge in [-0.2, -0.15) is 0 Å². The first-order chi connectivity index (χ1) is 12.6. The average molecular weight is 431 g/mol. The molecule has 0 saturated carbocycles. The molecule has 2 aromatic rings. The zero-order valence-corrected chi connectivity index (χ0v) is 16.4. The van der Waals surface area contributed by atoms with Gasteiger partial charge in [0.15, 0.2) is 6.10 Å². The van der Waals surface area contributed by atoms with Crippen molar-refractivity contribution in [3.8, 4) is 0 Å². The van der Waals surface area contributed by atoms with E-state index in [9.17, 15) is 18.0 Å². The van der Waals surface area contributed by atoms with Crippen LogP contribution in [0, 0.1) is 0 Å². The minimum absolute atomic E-state index is 0.0719. The Balaban J connectivity index is 1.92. The Kier molecular flexibility index (Phi) is 6.83. The number of benzene rings is 2. The lowest BCUT2D eigenvalue weighted by atomic mass is 10.1. The third-order valence-corrected chi connectivity index (χ3v) is 5.13. The highest BCUT2D eigenvalue weighted by atomic mass is 35.5. The number of rotatable bonds is 6. The summed E-state index contributed by atoms with van der Waals surface area (Å²) in [6.07, 6.45) is -1.13. The Labute approximate surface area is 166 Å². The predicted octanol–water partition coefficient (Wildman–Crippen LogP) is 2.75. The van der Waals surface area contributed by atoms with Crippen molar-refractivity contribution < 1.29 is 22.7 Å². The van der Waals surface area contributed by atoms with Gasteiger partial charge in [0.1, 0.15) is 0 Å². The number of sulfonamides is 1. The van der Waals surface area contributed by atoms with Gasteiger partial charge >= 0.3 is 5.97 Å². The van der Waals surface area contributed by atoms with E-state index in [4.69, 9.17) is 33.1 Å². The summed E-state index contributed by atoms with van der Waals surface area (Å²) in [6, 6.07) is 10.0. The predicted molar refractivity (Wildman–Crippen MR) is 102 cm³/mol. The van der Waals surface area contributed by atoms with E-state index in [0.717, 1.165) is 0 Å². The fraction of sp³-hybridized carbons (Fsp3) is 0.176. The van der Waals surface area contributed by atoms with Crippen LogP contribution in [-0.2, 0) is 30.8 Å². The summed E-state index contributed by atoms with van der Waals surface area (Å²) in [4.78, 5) is 24.0. The summed E-state index contributed by atoms with van der Waals surface area (Å²) in [5.41, 5.74) is 0.931. The number of hydrogen-bond acceptors (Lipinski definition) is 5. The van der Waals surface area contributed by atoms with Crippen LogP contribution in [-0.4, -0.2) is 26.4 Å². The van der Waals surface area contributed by atoms with Gasteiger partial charge in [0.05, 0.1) is 21.4 Å². The monoisotopic (exact) mass is 430 g/mol. The second-order valence-corrected chi connectivity index (χ2v) is 7.99.